The molecule has 1 amide bonds. The van der Waals surface area contributed by atoms with Gasteiger partial charge in [0.05, 0.1) is 15.0 Å². The summed E-state index contributed by atoms with van der Waals surface area (Å²) in [6.45, 7) is 0. The summed E-state index contributed by atoms with van der Waals surface area (Å²) in [7, 11) is 0. The fourth-order valence-electron chi connectivity index (χ4n) is 1.51. The first-order valence-corrected chi connectivity index (χ1v) is 6.30. The van der Waals surface area contributed by atoms with Crippen LogP contribution in [0.2, 0.25) is 0 Å². The quantitative estimate of drug-likeness (QED) is 0.475. The maximum Gasteiger partial charge on any atom is 0.277 e. The van der Waals surface area contributed by atoms with Gasteiger partial charge in [0.1, 0.15) is 5.71 Å². The minimum Gasteiger partial charge on any atom is -0.287 e. The van der Waals surface area contributed by atoms with E-state index in [9.17, 15) is 19.7 Å². The molecule has 106 valence electrons. The second-order valence-corrected chi connectivity index (χ2v) is 4.77. The van der Waals surface area contributed by atoms with Crippen LogP contribution in [0.1, 0.15) is 10.4 Å². The van der Waals surface area contributed by atoms with Gasteiger partial charge in [0.15, 0.2) is 0 Å². The Bertz CT molecular complexity index is 733. The molecule has 1 aliphatic carbocycles. The van der Waals surface area contributed by atoms with E-state index in [0.29, 0.717) is 0 Å². The molecule has 8 heteroatoms. The van der Waals surface area contributed by atoms with Crippen molar-refractivity contribution in [1.82, 2.24) is 0 Å². The van der Waals surface area contributed by atoms with Crippen LogP contribution >= 0.6 is 23.2 Å². The number of benzene rings is 1. The molecule has 0 atom stereocenters. The molecule has 0 spiro atoms. The number of aliphatic imine (C=N–C) groups is 1. The topological polar surface area (TPSA) is 89.6 Å². The fourth-order valence-corrected chi connectivity index (χ4v) is 1.82. The summed E-state index contributed by atoms with van der Waals surface area (Å²) < 4.78 is 0. The lowest BCUT2D eigenvalue weighted by Crippen LogP contribution is -2.15. The first-order chi connectivity index (χ1) is 9.88. The average Bonchev–Trinajstić information content (AvgIpc) is 2.44. The van der Waals surface area contributed by atoms with Crippen molar-refractivity contribution in [3.63, 3.8) is 0 Å². The Morgan fingerprint density at radius 3 is 2.24 bits per heavy atom. The largest absolute Gasteiger partial charge is 0.287 e. The van der Waals surface area contributed by atoms with Gasteiger partial charge in [0.2, 0.25) is 5.78 Å². The zero-order chi connectivity index (χ0) is 15.6. The molecular weight excluding hydrogens is 319 g/mol. The minimum atomic E-state index is -0.708. The van der Waals surface area contributed by atoms with Crippen LogP contribution in [-0.2, 0) is 4.79 Å². The van der Waals surface area contributed by atoms with Crippen LogP contribution in [0, 0.1) is 10.1 Å². The van der Waals surface area contributed by atoms with Gasteiger partial charge in [-0.15, -0.1) is 0 Å². The number of halogens is 2. The third-order valence-corrected chi connectivity index (χ3v) is 3.27. The molecule has 0 saturated heterocycles. The highest BCUT2D eigenvalue weighted by atomic mass is 35.5. The molecule has 0 heterocycles. The smallest absolute Gasteiger partial charge is 0.277 e. The van der Waals surface area contributed by atoms with Crippen molar-refractivity contribution in [1.29, 1.82) is 0 Å². The van der Waals surface area contributed by atoms with E-state index in [4.69, 9.17) is 23.2 Å². The van der Waals surface area contributed by atoms with E-state index in [1.165, 1.54) is 30.3 Å². The Labute approximate surface area is 128 Å². The van der Waals surface area contributed by atoms with Crippen LogP contribution < -0.4 is 0 Å². The number of amides is 1. The summed E-state index contributed by atoms with van der Waals surface area (Å²) in [6.07, 6.45) is 2.25. The molecular formula is C13H6Cl2N2O4. The number of rotatable bonds is 2. The van der Waals surface area contributed by atoms with Gasteiger partial charge in [-0.05, 0) is 18.2 Å². The number of non-ortho nitro benzene ring substituents is 1. The van der Waals surface area contributed by atoms with Crippen molar-refractivity contribution in [2.24, 2.45) is 4.99 Å². The van der Waals surface area contributed by atoms with E-state index in [2.05, 4.69) is 4.99 Å². The van der Waals surface area contributed by atoms with Crippen LogP contribution in [0.4, 0.5) is 5.69 Å². The summed E-state index contributed by atoms with van der Waals surface area (Å²) in [4.78, 5) is 37.1. The standard InChI is InChI=1S/C13H6Cl2N2O4/c14-9-5-11(12(18)6-10(9)15)16-13(19)7-1-3-8(4-2-7)17(20)21/h1-6H. The zero-order valence-corrected chi connectivity index (χ0v) is 11.8. The number of hydrogen-bond acceptors (Lipinski definition) is 4. The Kier molecular flexibility index (Phi) is 4.30. The third kappa shape index (κ3) is 3.42. The highest BCUT2D eigenvalue weighted by Crippen LogP contribution is 2.23. The summed E-state index contributed by atoms with van der Waals surface area (Å²) >= 11 is 11.4. The Morgan fingerprint density at radius 1 is 1.10 bits per heavy atom. The monoisotopic (exact) mass is 324 g/mol. The van der Waals surface area contributed by atoms with Crippen LogP contribution in [0.5, 0.6) is 0 Å². The summed E-state index contributed by atoms with van der Waals surface area (Å²) in [6, 6.07) is 4.86. The highest BCUT2D eigenvalue weighted by molar-refractivity contribution is 6.57. The molecule has 0 fully saturated rings. The molecule has 0 aliphatic heterocycles. The molecule has 0 unspecified atom stereocenters. The van der Waals surface area contributed by atoms with Crippen LogP contribution in [-0.4, -0.2) is 22.3 Å². The Hall–Kier alpha value is -2.31. The molecule has 0 radical (unpaired) electrons. The second kappa shape index (κ2) is 5.99. The maximum absolute atomic E-state index is 11.9. The van der Waals surface area contributed by atoms with Crippen molar-refractivity contribution in [2.45, 2.75) is 0 Å². The molecule has 6 nitrogen and oxygen atoms in total. The molecule has 1 aliphatic rings. The number of ketones is 1. The van der Waals surface area contributed by atoms with Crippen molar-refractivity contribution in [3.8, 4) is 0 Å². The van der Waals surface area contributed by atoms with Crippen LogP contribution in [0.25, 0.3) is 0 Å². The predicted molar refractivity (Wildman–Crippen MR) is 77.7 cm³/mol. The lowest BCUT2D eigenvalue weighted by atomic mass is 10.1. The summed E-state index contributed by atoms with van der Waals surface area (Å²) in [5.74, 6) is -1.25. The van der Waals surface area contributed by atoms with Crippen molar-refractivity contribution in [3.05, 3.63) is 62.2 Å². The molecule has 1 aromatic carbocycles. The minimum absolute atomic E-state index is 0.0726. The number of allylic oxidation sites excluding steroid dienone is 4. The number of nitro benzene ring substituents is 1. The molecule has 1 aromatic rings. The molecule has 0 bridgehead atoms. The van der Waals surface area contributed by atoms with Gasteiger partial charge in [0.25, 0.3) is 11.6 Å². The van der Waals surface area contributed by atoms with Gasteiger partial charge in [-0.2, -0.15) is 0 Å². The zero-order valence-electron chi connectivity index (χ0n) is 10.2. The lowest BCUT2D eigenvalue weighted by molar-refractivity contribution is -0.384. The molecule has 21 heavy (non-hydrogen) atoms. The molecule has 0 aromatic heterocycles. The van der Waals surface area contributed by atoms with Gasteiger partial charge in [-0.25, -0.2) is 4.99 Å². The van der Waals surface area contributed by atoms with Crippen molar-refractivity contribution < 1.29 is 14.5 Å². The van der Waals surface area contributed by atoms with Crippen LogP contribution in [0.3, 0.4) is 0 Å². The number of hydrogen-bond donors (Lipinski definition) is 0. The van der Waals surface area contributed by atoms with E-state index < -0.39 is 16.6 Å². The second-order valence-electron chi connectivity index (χ2n) is 3.95. The van der Waals surface area contributed by atoms with E-state index >= 15 is 0 Å². The Balaban J connectivity index is 2.27. The van der Waals surface area contributed by atoms with E-state index in [1.807, 2.05) is 0 Å². The normalized spacial score (nSPS) is 16.5. The average molecular weight is 325 g/mol. The number of nitrogens with zero attached hydrogens (tertiary/aromatic N) is 2. The molecule has 2 rings (SSSR count). The van der Waals surface area contributed by atoms with Crippen molar-refractivity contribution in [2.75, 3.05) is 0 Å². The number of carbonyl (C=O) groups excluding carboxylic acids is 2. The molecule has 0 saturated carbocycles. The van der Waals surface area contributed by atoms with Crippen molar-refractivity contribution >= 4 is 46.3 Å². The SMILES string of the molecule is O=C1C=C(Cl)C(Cl)=CC1=NC(=O)c1ccc([N+](=O)[O-])cc1. The number of carbonyl (C=O) groups is 2. The first-order valence-electron chi connectivity index (χ1n) is 5.55. The summed E-state index contributed by atoms with van der Waals surface area (Å²) in [5.41, 5.74) is -0.176. The van der Waals surface area contributed by atoms with Gasteiger partial charge in [0, 0.05) is 23.8 Å². The summed E-state index contributed by atoms with van der Waals surface area (Å²) in [5, 5.41) is 10.7. The first kappa shape index (κ1) is 15.1. The fraction of sp³-hybridized carbons (Fsp3) is 0. The van der Waals surface area contributed by atoms with Gasteiger partial charge in [-0.3, -0.25) is 19.7 Å². The molecule has 0 N–H and O–H groups in total. The predicted octanol–water partition coefficient (Wildman–Crippen LogP) is 3.00. The Morgan fingerprint density at radius 2 is 1.67 bits per heavy atom. The van der Waals surface area contributed by atoms with E-state index in [-0.39, 0.29) is 27.0 Å². The highest BCUT2D eigenvalue weighted by Gasteiger charge is 2.18. The van der Waals surface area contributed by atoms with E-state index in [1.54, 1.807) is 0 Å². The van der Waals surface area contributed by atoms with Gasteiger partial charge in [-0.1, -0.05) is 23.2 Å². The lowest BCUT2D eigenvalue weighted by Gasteiger charge is -2.05. The van der Waals surface area contributed by atoms with E-state index in [0.717, 1.165) is 6.08 Å². The van der Waals surface area contributed by atoms with Crippen LogP contribution in [0.15, 0.2) is 51.5 Å². The maximum atomic E-state index is 11.9. The van der Waals surface area contributed by atoms with Gasteiger partial charge >= 0.3 is 0 Å². The third-order valence-electron chi connectivity index (χ3n) is 2.55. The van der Waals surface area contributed by atoms with Gasteiger partial charge < -0.3 is 0 Å². The number of nitro groups is 1.